The number of nitrogens with one attached hydrogen (secondary N) is 1. The van der Waals surface area contributed by atoms with Crippen LogP contribution in [0.25, 0.3) is 10.9 Å². The highest BCUT2D eigenvalue weighted by atomic mass is 19.4. The maximum atomic E-state index is 13.6. The van der Waals surface area contributed by atoms with Crippen LogP contribution in [0.3, 0.4) is 0 Å². The minimum absolute atomic E-state index is 0.0629. The summed E-state index contributed by atoms with van der Waals surface area (Å²) in [5.41, 5.74) is 2.07. The van der Waals surface area contributed by atoms with Gasteiger partial charge in [0.2, 0.25) is 5.91 Å². The number of aromatic nitrogens is 1. The van der Waals surface area contributed by atoms with E-state index in [4.69, 9.17) is 4.42 Å². The van der Waals surface area contributed by atoms with E-state index in [9.17, 15) is 22.4 Å². The minimum Gasteiger partial charge on any atom is -0.467 e. The van der Waals surface area contributed by atoms with Gasteiger partial charge in [-0.25, -0.2) is 4.39 Å². The van der Waals surface area contributed by atoms with Gasteiger partial charge in [0.05, 0.1) is 18.4 Å². The van der Waals surface area contributed by atoms with Crippen LogP contribution in [0.5, 0.6) is 0 Å². The Hall–Kier alpha value is -4.33. The summed E-state index contributed by atoms with van der Waals surface area (Å²) in [4.78, 5) is 13.0. The lowest BCUT2D eigenvalue weighted by molar-refractivity contribution is -0.137. The van der Waals surface area contributed by atoms with Crippen molar-refractivity contribution in [3.05, 3.63) is 131 Å². The normalized spacial score (nSPS) is 12.5. The van der Waals surface area contributed by atoms with Gasteiger partial charge in [-0.2, -0.15) is 13.2 Å². The predicted octanol–water partition coefficient (Wildman–Crippen LogP) is 7.28. The third kappa shape index (κ3) is 5.64. The van der Waals surface area contributed by atoms with Crippen molar-refractivity contribution in [1.82, 2.24) is 9.88 Å². The molecule has 5 aromatic rings. The number of carbonyl (C=O) groups excluding carboxylic acids is 1. The lowest BCUT2D eigenvalue weighted by atomic mass is 9.87. The van der Waals surface area contributed by atoms with Gasteiger partial charge in [-0.15, -0.1) is 0 Å². The highest BCUT2D eigenvalue weighted by Gasteiger charge is 2.32. The van der Waals surface area contributed by atoms with Gasteiger partial charge in [0.15, 0.2) is 0 Å². The highest BCUT2D eigenvalue weighted by molar-refractivity contribution is 5.86. The Balaban J connectivity index is 1.54. The Labute approximate surface area is 216 Å². The molecule has 4 nitrogen and oxygen atoms in total. The Morgan fingerprint density at radius 3 is 2.47 bits per heavy atom. The van der Waals surface area contributed by atoms with Crippen LogP contribution in [0, 0.1) is 5.82 Å². The molecule has 5 rings (SSSR count). The average molecular weight is 521 g/mol. The fourth-order valence-corrected chi connectivity index (χ4v) is 4.67. The van der Waals surface area contributed by atoms with Gasteiger partial charge >= 0.3 is 6.18 Å². The molecule has 1 atom stereocenters. The van der Waals surface area contributed by atoms with Crippen LogP contribution >= 0.6 is 0 Å². The summed E-state index contributed by atoms with van der Waals surface area (Å²) in [6.07, 6.45) is -1.20. The number of hydrogen-bond donors (Lipinski definition) is 1. The van der Waals surface area contributed by atoms with E-state index in [1.54, 1.807) is 30.3 Å². The number of amides is 1. The van der Waals surface area contributed by atoms with Crippen LogP contribution in [-0.4, -0.2) is 10.5 Å². The molecule has 8 heteroatoms. The fraction of sp³-hybridized carbons (Fsp3) is 0.167. The first-order chi connectivity index (χ1) is 18.3. The molecular weight excluding hydrogens is 496 g/mol. The molecule has 2 aromatic heterocycles. The first-order valence-electron chi connectivity index (χ1n) is 12.1. The molecule has 0 unspecified atom stereocenters. The number of furan rings is 1. The number of fused-ring (bicyclic) bond motifs is 1. The summed E-state index contributed by atoms with van der Waals surface area (Å²) in [6, 6.07) is 22.3. The van der Waals surface area contributed by atoms with Crippen LogP contribution < -0.4 is 5.32 Å². The lowest BCUT2D eigenvalue weighted by Gasteiger charge is -2.19. The molecule has 38 heavy (non-hydrogen) atoms. The number of alkyl halides is 3. The topological polar surface area (TPSA) is 47.2 Å². The molecule has 0 saturated carbocycles. The van der Waals surface area contributed by atoms with E-state index in [1.807, 2.05) is 35.0 Å². The van der Waals surface area contributed by atoms with Crippen LogP contribution in [0.1, 0.15) is 40.4 Å². The van der Waals surface area contributed by atoms with Crippen LogP contribution in [-0.2, 0) is 24.1 Å². The summed E-state index contributed by atoms with van der Waals surface area (Å²) in [5, 5.41) is 3.63. The van der Waals surface area contributed by atoms with E-state index in [2.05, 4.69) is 5.32 Å². The zero-order chi connectivity index (χ0) is 26.7. The molecule has 0 radical (unpaired) electrons. The van der Waals surface area contributed by atoms with Gasteiger partial charge < -0.3 is 14.3 Å². The first-order valence-corrected chi connectivity index (χ1v) is 12.1. The number of para-hydroxylation sites is 1. The van der Waals surface area contributed by atoms with E-state index in [-0.39, 0.29) is 24.7 Å². The molecule has 0 aliphatic heterocycles. The molecule has 1 amide bonds. The van der Waals surface area contributed by atoms with Gasteiger partial charge in [-0.1, -0.05) is 48.5 Å². The molecule has 0 aliphatic carbocycles. The van der Waals surface area contributed by atoms with E-state index in [0.29, 0.717) is 17.9 Å². The quantitative estimate of drug-likeness (QED) is 0.219. The minimum atomic E-state index is -4.52. The average Bonchev–Trinajstić information content (AvgIpc) is 3.55. The maximum absolute atomic E-state index is 13.6. The maximum Gasteiger partial charge on any atom is 0.416 e. The number of benzene rings is 3. The van der Waals surface area contributed by atoms with E-state index < -0.39 is 17.7 Å². The van der Waals surface area contributed by atoms with Crippen molar-refractivity contribution in [3.63, 3.8) is 0 Å². The molecule has 0 saturated heterocycles. The molecule has 0 aliphatic rings. The van der Waals surface area contributed by atoms with Gasteiger partial charge in [-0.3, -0.25) is 4.79 Å². The third-order valence-electron chi connectivity index (χ3n) is 6.51. The number of nitrogens with zero attached hydrogens (tertiary/aromatic N) is 1. The molecule has 0 fully saturated rings. The SMILES string of the molecule is O=C(C[C@H](c1cccc(C(F)(F)F)c1)c1cn(Cc2ccc(F)cc2)c2ccccc12)NCc1ccco1. The first kappa shape index (κ1) is 25.3. The van der Waals surface area contributed by atoms with Crippen LogP contribution in [0.15, 0.2) is 102 Å². The molecule has 1 N–H and O–H groups in total. The summed E-state index contributed by atoms with van der Waals surface area (Å²) in [7, 11) is 0. The molecule has 0 bridgehead atoms. The number of hydrogen-bond acceptors (Lipinski definition) is 2. The van der Waals surface area contributed by atoms with E-state index >= 15 is 0 Å². The summed E-state index contributed by atoms with van der Waals surface area (Å²) in [5.74, 6) is -0.728. The summed E-state index contributed by atoms with van der Waals surface area (Å²) >= 11 is 0. The predicted molar refractivity (Wildman–Crippen MR) is 136 cm³/mol. The van der Waals surface area contributed by atoms with Gasteiger partial charge in [0, 0.05) is 36.0 Å². The van der Waals surface area contributed by atoms with Crippen molar-refractivity contribution in [2.45, 2.75) is 31.6 Å². The second kappa shape index (κ2) is 10.6. The van der Waals surface area contributed by atoms with Crippen molar-refractivity contribution in [1.29, 1.82) is 0 Å². The second-order valence-corrected chi connectivity index (χ2v) is 9.09. The molecule has 3 aromatic carbocycles. The number of halogens is 4. The van der Waals surface area contributed by atoms with E-state index in [1.165, 1.54) is 24.5 Å². The third-order valence-corrected chi connectivity index (χ3v) is 6.51. The Bertz CT molecular complexity index is 1540. The zero-order valence-electron chi connectivity index (χ0n) is 20.2. The zero-order valence-corrected chi connectivity index (χ0v) is 20.2. The monoisotopic (exact) mass is 520 g/mol. The fourth-order valence-electron chi connectivity index (χ4n) is 4.67. The molecule has 0 spiro atoms. The van der Waals surface area contributed by atoms with Crippen molar-refractivity contribution < 1.29 is 26.8 Å². The Morgan fingerprint density at radius 2 is 1.74 bits per heavy atom. The summed E-state index contributed by atoms with van der Waals surface area (Å²) < 4.78 is 61.4. The second-order valence-electron chi connectivity index (χ2n) is 9.09. The van der Waals surface area contributed by atoms with Gasteiger partial charge in [0.1, 0.15) is 11.6 Å². The van der Waals surface area contributed by atoms with Crippen molar-refractivity contribution >= 4 is 16.8 Å². The molecule has 194 valence electrons. The molecular formula is C30H24F4N2O2. The lowest BCUT2D eigenvalue weighted by Crippen LogP contribution is -2.25. The smallest absolute Gasteiger partial charge is 0.416 e. The number of rotatable bonds is 8. The summed E-state index contributed by atoms with van der Waals surface area (Å²) in [6.45, 7) is 0.605. The van der Waals surface area contributed by atoms with Crippen LogP contribution in [0.4, 0.5) is 17.6 Å². The van der Waals surface area contributed by atoms with Gasteiger partial charge in [0.25, 0.3) is 0 Å². The number of carbonyl (C=O) groups is 1. The van der Waals surface area contributed by atoms with Gasteiger partial charge in [-0.05, 0) is 53.1 Å². The van der Waals surface area contributed by atoms with Crippen molar-refractivity contribution in [3.8, 4) is 0 Å². The van der Waals surface area contributed by atoms with Crippen molar-refractivity contribution in [2.24, 2.45) is 0 Å². The van der Waals surface area contributed by atoms with Crippen molar-refractivity contribution in [2.75, 3.05) is 0 Å². The Kier molecular flexibility index (Phi) is 7.05. The largest absolute Gasteiger partial charge is 0.467 e. The Morgan fingerprint density at radius 1 is 0.947 bits per heavy atom. The standard InChI is InChI=1S/C30H24F4N2O2/c31-23-12-10-20(11-13-23)18-36-19-27(25-8-1-2-9-28(25)36)26(16-29(37)35-17-24-7-4-14-38-24)21-5-3-6-22(15-21)30(32,33)34/h1-15,19,26H,16-18H2,(H,35,37)/t26-/m1/s1. The molecule has 2 heterocycles. The van der Waals surface area contributed by atoms with Crippen LogP contribution in [0.2, 0.25) is 0 Å². The highest BCUT2D eigenvalue weighted by Crippen LogP contribution is 2.38. The van der Waals surface area contributed by atoms with E-state index in [0.717, 1.165) is 34.2 Å².